The Morgan fingerprint density at radius 1 is 0.793 bits per heavy atom. The Balaban J connectivity index is 1.26. The average molecular weight is 411 g/mol. The molecular weight excluding hydrogens is 370 g/mol. The van der Waals surface area contributed by atoms with Crippen molar-refractivity contribution in [1.82, 2.24) is 0 Å². The zero-order valence-electron chi connectivity index (χ0n) is 18.2. The largest absolute Gasteiger partial charge is 0.352 e. The summed E-state index contributed by atoms with van der Waals surface area (Å²) in [6.45, 7) is 3.86. The maximum atomic E-state index is 12.1. The molecule has 1 heterocycles. The Bertz CT molecular complexity index is 505. The van der Waals surface area contributed by atoms with Gasteiger partial charge in [0.25, 0.3) is 6.08 Å². The number of allylic oxidation sites excluding steroid dienone is 3. The first-order valence-corrected chi connectivity index (χ1v) is 12.0. The van der Waals surface area contributed by atoms with Crippen LogP contribution in [-0.2, 0) is 9.47 Å². The van der Waals surface area contributed by atoms with Crippen LogP contribution < -0.4 is 0 Å². The first-order chi connectivity index (χ1) is 14.1. The summed E-state index contributed by atoms with van der Waals surface area (Å²) in [4.78, 5) is 0. The van der Waals surface area contributed by atoms with E-state index in [2.05, 4.69) is 19.1 Å². The molecule has 1 aliphatic heterocycles. The molecule has 2 nitrogen and oxygen atoms in total. The topological polar surface area (TPSA) is 18.5 Å². The second kappa shape index (κ2) is 12.2. The minimum Gasteiger partial charge on any atom is -0.352 e. The van der Waals surface area contributed by atoms with E-state index in [1.807, 2.05) is 0 Å². The van der Waals surface area contributed by atoms with Gasteiger partial charge in [0.05, 0.1) is 13.2 Å². The predicted molar refractivity (Wildman–Crippen MR) is 114 cm³/mol. The summed E-state index contributed by atoms with van der Waals surface area (Å²) < 4.78 is 36.5. The summed E-state index contributed by atoms with van der Waals surface area (Å²) in [6.07, 6.45) is 17.8. The van der Waals surface area contributed by atoms with Gasteiger partial charge in [-0.25, -0.2) is 0 Å². The summed E-state index contributed by atoms with van der Waals surface area (Å²) in [5.74, 6) is 3.52. The maximum absolute atomic E-state index is 12.1. The molecule has 0 spiro atoms. The molecule has 1 saturated heterocycles. The number of hydrogen-bond donors (Lipinski definition) is 0. The Kier molecular flexibility index (Phi) is 9.65. The van der Waals surface area contributed by atoms with Crippen molar-refractivity contribution in [2.24, 2.45) is 29.6 Å². The van der Waals surface area contributed by atoms with Gasteiger partial charge in [-0.1, -0.05) is 37.8 Å². The van der Waals surface area contributed by atoms with Gasteiger partial charge in [-0.15, -0.1) is 0 Å². The van der Waals surface area contributed by atoms with E-state index in [0.717, 1.165) is 49.9 Å². The predicted octanol–water partition coefficient (Wildman–Crippen LogP) is 7.51. The molecule has 3 aliphatic rings. The van der Waals surface area contributed by atoms with Crippen molar-refractivity contribution in [1.29, 1.82) is 0 Å². The van der Waals surface area contributed by atoms with Crippen molar-refractivity contribution in [3.63, 3.8) is 0 Å². The molecule has 0 amide bonds. The summed E-state index contributed by atoms with van der Waals surface area (Å²) >= 11 is 0. The van der Waals surface area contributed by atoms with Gasteiger partial charge in [0.15, 0.2) is 6.29 Å². The minimum absolute atomic E-state index is 0.0130. The van der Waals surface area contributed by atoms with Gasteiger partial charge in [-0.05, 0) is 88.0 Å². The van der Waals surface area contributed by atoms with Crippen LogP contribution >= 0.6 is 0 Å². The Labute approximate surface area is 176 Å². The minimum atomic E-state index is -1.53. The van der Waals surface area contributed by atoms with Crippen molar-refractivity contribution < 1.29 is 18.3 Å². The number of ether oxygens (including phenoxy) is 2. The number of hydrogen-bond acceptors (Lipinski definition) is 2. The smallest absolute Gasteiger partial charge is 0.266 e. The SMILES string of the molecule is C/C=C/C1CCC(C2COC(CCC3CCC(CCC=C(F)F)CC3)OC2)CC1. The molecule has 4 heteroatoms. The molecule has 0 atom stereocenters. The third kappa shape index (κ3) is 7.79. The molecule has 166 valence electrons. The van der Waals surface area contributed by atoms with Crippen molar-refractivity contribution in [3.8, 4) is 0 Å². The van der Waals surface area contributed by atoms with Gasteiger partial charge in [0, 0.05) is 5.92 Å². The van der Waals surface area contributed by atoms with Crippen LogP contribution in [0.1, 0.15) is 84.0 Å². The third-order valence-electron chi connectivity index (χ3n) is 7.59. The van der Waals surface area contributed by atoms with E-state index in [1.165, 1.54) is 57.8 Å². The lowest BCUT2D eigenvalue weighted by Gasteiger charge is -2.37. The Hall–Kier alpha value is -0.740. The normalized spacial score (nSPS) is 36.2. The van der Waals surface area contributed by atoms with E-state index < -0.39 is 6.08 Å². The zero-order valence-corrected chi connectivity index (χ0v) is 18.2. The fraction of sp³-hybridized carbons (Fsp3) is 0.840. The summed E-state index contributed by atoms with van der Waals surface area (Å²) in [7, 11) is 0. The van der Waals surface area contributed by atoms with Gasteiger partial charge in [-0.3, -0.25) is 0 Å². The van der Waals surface area contributed by atoms with E-state index in [0.29, 0.717) is 18.3 Å². The molecular formula is C25H40F2O2. The standard InChI is InChI=1S/C25H40F2O2/c1-2-4-19-11-14-22(15-12-19)23-17-28-25(29-18-23)16-13-21-9-7-20(8-10-21)5-3-6-24(26)27/h2,4,6,19-23,25H,3,5,7-18H2,1H3/b4-2+. The fourth-order valence-corrected chi connectivity index (χ4v) is 5.69. The lowest BCUT2D eigenvalue weighted by Crippen LogP contribution is -2.37. The lowest BCUT2D eigenvalue weighted by molar-refractivity contribution is -0.213. The van der Waals surface area contributed by atoms with Crippen LogP contribution in [0.25, 0.3) is 0 Å². The summed E-state index contributed by atoms with van der Waals surface area (Å²) in [5.41, 5.74) is 0. The van der Waals surface area contributed by atoms with E-state index in [-0.39, 0.29) is 6.29 Å². The van der Waals surface area contributed by atoms with Crippen LogP contribution in [-0.4, -0.2) is 19.5 Å². The summed E-state index contributed by atoms with van der Waals surface area (Å²) in [6, 6.07) is 0. The van der Waals surface area contributed by atoms with Gasteiger partial charge >= 0.3 is 0 Å². The molecule has 2 aliphatic carbocycles. The molecule has 0 bridgehead atoms. The number of rotatable bonds is 8. The average Bonchev–Trinajstić information content (AvgIpc) is 2.74. The monoisotopic (exact) mass is 410 g/mol. The van der Waals surface area contributed by atoms with Crippen molar-refractivity contribution >= 4 is 0 Å². The maximum Gasteiger partial charge on any atom is 0.266 e. The summed E-state index contributed by atoms with van der Waals surface area (Å²) in [5, 5.41) is 0. The lowest BCUT2D eigenvalue weighted by atomic mass is 9.76. The molecule has 0 N–H and O–H groups in total. The van der Waals surface area contributed by atoms with Crippen molar-refractivity contribution in [3.05, 3.63) is 24.3 Å². The molecule has 0 aromatic heterocycles. The van der Waals surface area contributed by atoms with Crippen LogP contribution in [0, 0.1) is 29.6 Å². The Morgan fingerprint density at radius 3 is 2.00 bits per heavy atom. The van der Waals surface area contributed by atoms with Gasteiger partial charge < -0.3 is 9.47 Å². The first-order valence-electron chi connectivity index (χ1n) is 12.0. The third-order valence-corrected chi connectivity index (χ3v) is 7.59. The zero-order chi connectivity index (χ0) is 20.5. The second-order valence-corrected chi connectivity index (χ2v) is 9.59. The van der Waals surface area contributed by atoms with Crippen LogP contribution in [0.15, 0.2) is 24.3 Å². The van der Waals surface area contributed by atoms with E-state index in [1.54, 1.807) is 0 Å². The molecule has 0 unspecified atom stereocenters. The highest BCUT2D eigenvalue weighted by molar-refractivity contribution is 4.90. The fourth-order valence-electron chi connectivity index (χ4n) is 5.69. The van der Waals surface area contributed by atoms with Crippen molar-refractivity contribution in [2.45, 2.75) is 90.3 Å². The first kappa shape index (κ1) is 22.9. The molecule has 0 radical (unpaired) electrons. The van der Waals surface area contributed by atoms with Crippen LogP contribution in [0.4, 0.5) is 8.78 Å². The van der Waals surface area contributed by atoms with Crippen LogP contribution in [0.5, 0.6) is 0 Å². The van der Waals surface area contributed by atoms with Gasteiger partial charge in [0.1, 0.15) is 0 Å². The second-order valence-electron chi connectivity index (χ2n) is 9.59. The molecule has 2 saturated carbocycles. The van der Waals surface area contributed by atoms with Gasteiger partial charge in [0.2, 0.25) is 0 Å². The highest BCUT2D eigenvalue weighted by Gasteiger charge is 2.32. The van der Waals surface area contributed by atoms with E-state index in [9.17, 15) is 8.78 Å². The van der Waals surface area contributed by atoms with E-state index in [4.69, 9.17) is 9.47 Å². The molecule has 3 rings (SSSR count). The molecule has 29 heavy (non-hydrogen) atoms. The highest BCUT2D eigenvalue weighted by Crippen LogP contribution is 2.37. The van der Waals surface area contributed by atoms with Crippen LogP contribution in [0.3, 0.4) is 0 Å². The molecule has 0 aromatic carbocycles. The highest BCUT2D eigenvalue weighted by atomic mass is 19.3. The quantitative estimate of drug-likeness (QED) is 0.386. The molecule has 3 fully saturated rings. The van der Waals surface area contributed by atoms with Gasteiger partial charge in [-0.2, -0.15) is 8.78 Å². The molecule has 0 aromatic rings. The number of halogens is 2. The van der Waals surface area contributed by atoms with Crippen LogP contribution in [0.2, 0.25) is 0 Å². The Morgan fingerprint density at radius 2 is 1.41 bits per heavy atom. The van der Waals surface area contributed by atoms with Crippen molar-refractivity contribution in [2.75, 3.05) is 13.2 Å². The van der Waals surface area contributed by atoms with E-state index >= 15 is 0 Å².